The highest BCUT2D eigenvalue weighted by atomic mass is 16.2. The highest BCUT2D eigenvalue weighted by molar-refractivity contribution is 5.99. The van der Waals surface area contributed by atoms with E-state index in [0.717, 1.165) is 25.7 Å². The average Bonchev–Trinajstić information content (AvgIpc) is 2.84. The largest absolute Gasteiger partial charge is 0.349 e. The molecule has 20 heavy (non-hydrogen) atoms. The number of nitrogens with one attached hydrogen (secondary N) is 2. The number of rotatable bonds is 2. The number of H-pyrrole nitrogens is 1. The molecule has 2 aromatic heterocycles. The molecular weight excluding hydrogens is 256 g/mol. The topological polar surface area (TPSA) is 79.3 Å². The second-order valence-electron chi connectivity index (χ2n) is 5.39. The molecule has 0 aliphatic heterocycles. The van der Waals surface area contributed by atoms with E-state index in [9.17, 15) is 9.59 Å². The lowest BCUT2D eigenvalue weighted by Gasteiger charge is -2.22. The van der Waals surface area contributed by atoms with Crippen LogP contribution in [0.1, 0.15) is 48.2 Å². The normalized spacial score (nSPS) is 16.4. The first kappa shape index (κ1) is 12.9. The number of aryl methyl sites for hydroxylation is 1. The van der Waals surface area contributed by atoms with Crippen LogP contribution in [0.25, 0.3) is 5.65 Å². The van der Waals surface area contributed by atoms with Gasteiger partial charge in [0.15, 0.2) is 5.65 Å². The smallest absolute Gasteiger partial charge is 0.272 e. The summed E-state index contributed by atoms with van der Waals surface area (Å²) in [5.41, 5.74) is 1.23. The first-order valence-corrected chi connectivity index (χ1v) is 7.04. The molecule has 0 unspecified atom stereocenters. The zero-order valence-electron chi connectivity index (χ0n) is 11.5. The van der Waals surface area contributed by atoms with Crippen molar-refractivity contribution in [3.8, 4) is 0 Å². The third-order valence-corrected chi connectivity index (χ3v) is 3.81. The second-order valence-corrected chi connectivity index (χ2v) is 5.39. The summed E-state index contributed by atoms with van der Waals surface area (Å²) >= 11 is 0. The molecule has 3 rings (SSSR count). The molecule has 0 atom stereocenters. The molecule has 1 saturated carbocycles. The summed E-state index contributed by atoms with van der Waals surface area (Å²) in [5, 5.41) is 5.82. The molecule has 1 aliphatic carbocycles. The van der Waals surface area contributed by atoms with E-state index in [2.05, 4.69) is 15.4 Å². The van der Waals surface area contributed by atoms with E-state index >= 15 is 0 Å². The maximum absolute atomic E-state index is 12.3. The van der Waals surface area contributed by atoms with E-state index in [0.29, 0.717) is 16.9 Å². The molecule has 2 heterocycles. The number of hydrogen-bond donors (Lipinski definition) is 2. The average molecular weight is 274 g/mol. The Kier molecular flexibility index (Phi) is 3.30. The maximum atomic E-state index is 12.3. The summed E-state index contributed by atoms with van der Waals surface area (Å²) in [7, 11) is 0. The van der Waals surface area contributed by atoms with Gasteiger partial charge in [0.2, 0.25) is 0 Å². The number of nitrogens with zero attached hydrogens (tertiary/aromatic N) is 2. The molecule has 0 spiro atoms. The fourth-order valence-corrected chi connectivity index (χ4v) is 2.77. The van der Waals surface area contributed by atoms with Gasteiger partial charge in [0.25, 0.3) is 11.5 Å². The second kappa shape index (κ2) is 5.11. The highest BCUT2D eigenvalue weighted by Crippen LogP contribution is 2.18. The molecule has 6 nitrogen and oxygen atoms in total. The molecule has 2 aromatic rings. The fourth-order valence-electron chi connectivity index (χ4n) is 2.77. The number of carbonyl (C=O) groups is 1. The van der Waals surface area contributed by atoms with Crippen molar-refractivity contribution in [1.29, 1.82) is 0 Å². The van der Waals surface area contributed by atoms with E-state index in [1.165, 1.54) is 17.0 Å². The van der Waals surface area contributed by atoms with Gasteiger partial charge in [-0.15, -0.1) is 0 Å². The molecule has 106 valence electrons. The fraction of sp³-hybridized carbons (Fsp3) is 0.500. The molecule has 0 bridgehead atoms. The molecule has 0 saturated heterocycles. The van der Waals surface area contributed by atoms with Crippen molar-refractivity contribution in [2.24, 2.45) is 0 Å². The Hall–Kier alpha value is -2.11. The summed E-state index contributed by atoms with van der Waals surface area (Å²) in [6.45, 7) is 1.75. The summed E-state index contributed by atoms with van der Waals surface area (Å²) in [5.74, 6) is -0.159. The van der Waals surface area contributed by atoms with Gasteiger partial charge in [0, 0.05) is 24.0 Å². The van der Waals surface area contributed by atoms with Crippen molar-refractivity contribution >= 4 is 11.6 Å². The van der Waals surface area contributed by atoms with Gasteiger partial charge in [0.05, 0.1) is 0 Å². The van der Waals surface area contributed by atoms with Crippen LogP contribution >= 0.6 is 0 Å². The van der Waals surface area contributed by atoms with Crippen molar-refractivity contribution in [3.05, 3.63) is 33.9 Å². The third kappa shape index (κ3) is 2.33. The number of aromatic amines is 1. The number of hydrogen-bond acceptors (Lipinski definition) is 3. The Labute approximate surface area is 116 Å². The Balaban J connectivity index is 1.89. The number of aromatic nitrogens is 3. The van der Waals surface area contributed by atoms with Gasteiger partial charge >= 0.3 is 0 Å². The van der Waals surface area contributed by atoms with E-state index in [1.807, 2.05) is 0 Å². The van der Waals surface area contributed by atoms with Gasteiger partial charge in [0.1, 0.15) is 5.56 Å². The van der Waals surface area contributed by atoms with Crippen LogP contribution in [0.15, 0.2) is 17.1 Å². The lowest BCUT2D eigenvalue weighted by Crippen LogP contribution is -2.36. The molecule has 0 radical (unpaired) electrons. The Morgan fingerprint density at radius 1 is 1.40 bits per heavy atom. The van der Waals surface area contributed by atoms with Crippen molar-refractivity contribution in [1.82, 2.24) is 19.9 Å². The zero-order chi connectivity index (χ0) is 14.1. The molecule has 0 aromatic carbocycles. The monoisotopic (exact) mass is 274 g/mol. The van der Waals surface area contributed by atoms with Crippen molar-refractivity contribution < 1.29 is 4.79 Å². The molecule has 2 N–H and O–H groups in total. The van der Waals surface area contributed by atoms with Gasteiger partial charge in [-0.3, -0.25) is 14.7 Å². The van der Waals surface area contributed by atoms with Crippen LogP contribution in [0.5, 0.6) is 0 Å². The van der Waals surface area contributed by atoms with Gasteiger partial charge < -0.3 is 5.32 Å². The van der Waals surface area contributed by atoms with E-state index in [4.69, 9.17) is 0 Å². The van der Waals surface area contributed by atoms with Gasteiger partial charge in [-0.2, -0.15) is 0 Å². The SMILES string of the molecule is Cc1cc(=O)n2[nH]cc(C(=O)NC3CCCCC3)c2n1. The summed E-state index contributed by atoms with van der Waals surface area (Å²) < 4.78 is 1.29. The first-order chi connectivity index (χ1) is 9.65. The minimum absolute atomic E-state index is 0.159. The molecule has 1 aliphatic rings. The van der Waals surface area contributed by atoms with Crippen LogP contribution in [0.4, 0.5) is 0 Å². The predicted octanol–water partition coefficient (Wildman–Crippen LogP) is 1.39. The number of carbonyl (C=O) groups excluding carboxylic acids is 1. The quantitative estimate of drug-likeness (QED) is 0.868. The van der Waals surface area contributed by atoms with Crippen LogP contribution in [-0.4, -0.2) is 26.5 Å². The van der Waals surface area contributed by atoms with Crippen LogP contribution in [-0.2, 0) is 0 Å². The van der Waals surface area contributed by atoms with Crippen molar-refractivity contribution in [2.75, 3.05) is 0 Å². The summed E-state index contributed by atoms with van der Waals surface area (Å²) in [6, 6.07) is 1.68. The van der Waals surface area contributed by atoms with E-state index in [1.54, 1.807) is 13.1 Å². The Bertz CT molecular complexity index is 695. The van der Waals surface area contributed by atoms with Crippen molar-refractivity contribution in [3.63, 3.8) is 0 Å². The molecule has 1 fully saturated rings. The summed E-state index contributed by atoms with van der Waals surface area (Å²) in [4.78, 5) is 28.4. The van der Waals surface area contributed by atoms with Crippen LogP contribution in [0.3, 0.4) is 0 Å². The lowest BCUT2D eigenvalue weighted by molar-refractivity contribution is 0.0929. The maximum Gasteiger partial charge on any atom is 0.272 e. The van der Waals surface area contributed by atoms with Crippen LogP contribution in [0.2, 0.25) is 0 Å². The zero-order valence-corrected chi connectivity index (χ0v) is 11.5. The van der Waals surface area contributed by atoms with Gasteiger partial charge in [-0.05, 0) is 19.8 Å². The van der Waals surface area contributed by atoms with Gasteiger partial charge in [-0.1, -0.05) is 19.3 Å². The van der Waals surface area contributed by atoms with Crippen molar-refractivity contribution in [2.45, 2.75) is 45.1 Å². The first-order valence-electron chi connectivity index (χ1n) is 7.04. The number of fused-ring (bicyclic) bond motifs is 1. The lowest BCUT2D eigenvalue weighted by atomic mass is 9.95. The number of amides is 1. The predicted molar refractivity (Wildman–Crippen MR) is 74.9 cm³/mol. The molecule has 6 heteroatoms. The Morgan fingerprint density at radius 3 is 2.90 bits per heavy atom. The molecular formula is C14H18N4O2. The van der Waals surface area contributed by atoms with Crippen LogP contribution in [0, 0.1) is 6.92 Å². The van der Waals surface area contributed by atoms with E-state index < -0.39 is 0 Å². The summed E-state index contributed by atoms with van der Waals surface area (Å²) in [6.07, 6.45) is 7.17. The highest BCUT2D eigenvalue weighted by Gasteiger charge is 2.20. The Morgan fingerprint density at radius 2 is 2.15 bits per heavy atom. The van der Waals surface area contributed by atoms with Gasteiger partial charge in [-0.25, -0.2) is 9.50 Å². The standard InChI is InChI=1S/C14H18N4O2/c1-9-7-12(19)18-13(16-9)11(8-15-18)14(20)17-10-5-3-2-4-6-10/h7-8,10,15H,2-6H2,1H3,(H,17,20). The minimum atomic E-state index is -0.204. The minimum Gasteiger partial charge on any atom is -0.349 e. The third-order valence-electron chi connectivity index (χ3n) is 3.81. The van der Waals surface area contributed by atoms with Crippen LogP contribution < -0.4 is 10.9 Å². The molecule has 1 amide bonds. The van der Waals surface area contributed by atoms with E-state index in [-0.39, 0.29) is 17.5 Å².